The van der Waals surface area contributed by atoms with Gasteiger partial charge in [0.15, 0.2) is 9.84 Å². The topological polar surface area (TPSA) is 92.3 Å². The molecule has 1 aromatic heterocycles. The number of sulfone groups is 1. The van der Waals surface area contributed by atoms with E-state index in [9.17, 15) is 17.6 Å². The van der Waals surface area contributed by atoms with Gasteiger partial charge in [-0.25, -0.2) is 22.8 Å². The van der Waals surface area contributed by atoms with Crippen LogP contribution in [0.4, 0.5) is 16.0 Å². The smallest absolute Gasteiger partial charge is 0.272 e. The number of aryl methyl sites for hydroxylation is 1. The first kappa shape index (κ1) is 19.2. The van der Waals surface area contributed by atoms with Crippen LogP contribution in [0, 0.1) is 12.7 Å². The van der Waals surface area contributed by atoms with E-state index in [1.54, 1.807) is 30.0 Å². The minimum atomic E-state index is -3.10. The Morgan fingerprint density at radius 1 is 1.30 bits per heavy atom. The summed E-state index contributed by atoms with van der Waals surface area (Å²) >= 11 is 0. The lowest BCUT2D eigenvalue weighted by molar-refractivity contribution is 0.0702. The first-order valence-electron chi connectivity index (χ1n) is 8.67. The van der Waals surface area contributed by atoms with E-state index in [-0.39, 0.29) is 40.9 Å². The molecule has 1 aromatic carbocycles. The summed E-state index contributed by atoms with van der Waals surface area (Å²) < 4.78 is 36.5. The van der Waals surface area contributed by atoms with Crippen LogP contribution in [0.5, 0.6) is 0 Å². The molecule has 1 saturated heterocycles. The van der Waals surface area contributed by atoms with Crippen molar-refractivity contribution in [3.63, 3.8) is 0 Å². The Morgan fingerprint density at radius 2 is 2.00 bits per heavy atom. The first-order valence-corrected chi connectivity index (χ1v) is 10.5. The maximum atomic E-state index is 13.0. The largest absolute Gasteiger partial charge is 0.334 e. The van der Waals surface area contributed by atoms with Crippen LogP contribution in [0.15, 0.2) is 30.3 Å². The van der Waals surface area contributed by atoms with Crippen molar-refractivity contribution in [1.29, 1.82) is 0 Å². The van der Waals surface area contributed by atoms with Crippen molar-refractivity contribution < 1.29 is 17.6 Å². The molecule has 0 bridgehead atoms. The van der Waals surface area contributed by atoms with Crippen LogP contribution < -0.4 is 5.32 Å². The molecule has 0 aliphatic carbocycles. The summed E-state index contributed by atoms with van der Waals surface area (Å²) in [7, 11) is -3.10. The summed E-state index contributed by atoms with van der Waals surface area (Å²) in [6.07, 6.45) is 0.437. The Bertz CT molecular complexity index is 948. The molecular weight excluding hydrogens is 371 g/mol. The average molecular weight is 392 g/mol. The van der Waals surface area contributed by atoms with Crippen molar-refractivity contribution >= 4 is 27.4 Å². The molecular formula is C18H21FN4O3S. The third kappa shape index (κ3) is 4.60. The van der Waals surface area contributed by atoms with Crippen LogP contribution in [0.2, 0.25) is 0 Å². The van der Waals surface area contributed by atoms with E-state index >= 15 is 0 Å². The highest BCUT2D eigenvalue weighted by Crippen LogP contribution is 2.21. The van der Waals surface area contributed by atoms with Gasteiger partial charge in [0.1, 0.15) is 11.5 Å². The number of hydrogen-bond donors (Lipinski definition) is 1. The molecule has 1 amide bonds. The number of carbonyl (C=O) groups excluding carboxylic acids is 1. The summed E-state index contributed by atoms with van der Waals surface area (Å²) in [5, 5.41) is 2.95. The molecule has 0 spiro atoms. The van der Waals surface area contributed by atoms with Gasteiger partial charge >= 0.3 is 0 Å². The second-order valence-corrected chi connectivity index (χ2v) is 8.73. The van der Waals surface area contributed by atoms with E-state index in [0.29, 0.717) is 24.3 Å². The van der Waals surface area contributed by atoms with E-state index in [0.717, 1.165) is 0 Å². The first-order chi connectivity index (χ1) is 12.8. The highest BCUT2D eigenvalue weighted by molar-refractivity contribution is 7.91. The van der Waals surface area contributed by atoms with Gasteiger partial charge in [-0.1, -0.05) is 0 Å². The van der Waals surface area contributed by atoms with E-state index in [4.69, 9.17) is 0 Å². The standard InChI is InChI=1S/C18H21FN4O3S/c1-3-23(15-8-9-27(25,26)11-15)17(24)16-10-12(2)20-18(22-16)21-14-6-4-13(19)5-7-14/h4-7,10,15H,3,8-9,11H2,1-2H3,(H,20,21,22). The summed E-state index contributed by atoms with van der Waals surface area (Å²) in [4.78, 5) is 23.0. The molecule has 1 aliphatic heterocycles. The molecule has 2 aromatic rings. The Kier molecular flexibility index (Phi) is 5.41. The zero-order valence-electron chi connectivity index (χ0n) is 15.1. The zero-order valence-corrected chi connectivity index (χ0v) is 16.0. The molecule has 1 unspecified atom stereocenters. The van der Waals surface area contributed by atoms with Gasteiger partial charge in [0.2, 0.25) is 5.95 Å². The summed E-state index contributed by atoms with van der Waals surface area (Å²) in [5.41, 5.74) is 1.38. The predicted molar refractivity (Wildman–Crippen MR) is 100 cm³/mol. The van der Waals surface area contributed by atoms with Crippen molar-refractivity contribution in [2.75, 3.05) is 23.4 Å². The van der Waals surface area contributed by atoms with Crippen molar-refractivity contribution in [1.82, 2.24) is 14.9 Å². The lowest BCUT2D eigenvalue weighted by Crippen LogP contribution is -2.41. The molecule has 3 rings (SSSR count). The second-order valence-electron chi connectivity index (χ2n) is 6.50. The van der Waals surface area contributed by atoms with Crippen molar-refractivity contribution in [2.45, 2.75) is 26.3 Å². The molecule has 1 N–H and O–H groups in total. The maximum absolute atomic E-state index is 13.0. The van der Waals surface area contributed by atoms with Crippen LogP contribution in [0.3, 0.4) is 0 Å². The van der Waals surface area contributed by atoms with Crippen LogP contribution in [0.25, 0.3) is 0 Å². The number of hydrogen-bond acceptors (Lipinski definition) is 6. The molecule has 1 fully saturated rings. The number of rotatable bonds is 5. The Hall–Kier alpha value is -2.55. The summed E-state index contributed by atoms with van der Waals surface area (Å²) in [5.74, 6) is -0.377. The lowest BCUT2D eigenvalue weighted by atomic mass is 10.2. The van der Waals surface area contributed by atoms with E-state index in [2.05, 4.69) is 15.3 Å². The normalized spacial score (nSPS) is 18.3. The fourth-order valence-electron chi connectivity index (χ4n) is 3.13. The van der Waals surface area contributed by atoms with Gasteiger partial charge in [0, 0.05) is 24.0 Å². The zero-order chi connectivity index (χ0) is 19.6. The van der Waals surface area contributed by atoms with Gasteiger partial charge in [-0.05, 0) is 50.6 Å². The van der Waals surface area contributed by atoms with E-state index < -0.39 is 9.84 Å². The third-order valence-electron chi connectivity index (χ3n) is 4.42. The maximum Gasteiger partial charge on any atom is 0.272 e. The van der Waals surface area contributed by atoms with Crippen molar-refractivity contribution in [2.24, 2.45) is 0 Å². The Labute approximate surface area is 157 Å². The van der Waals surface area contributed by atoms with Crippen LogP contribution in [0.1, 0.15) is 29.5 Å². The quantitative estimate of drug-likeness (QED) is 0.840. The molecule has 144 valence electrons. The van der Waals surface area contributed by atoms with Gasteiger partial charge in [-0.3, -0.25) is 4.79 Å². The molecule has 0 radical (unpaired) electrons. The highest BCUT2D eigenvalue weighted by atomic mass is 32.2. The van der Waals surface area contributed by atoms with Gasteiger partial charge in [0.25, 0.3) is 5.91 Å². The molecule has 0 saturated carbocycles. The van der Waals surface area contributed by atoms with Crippen LogP contribution >= 0.6 is 0 Å². The Balaban J connectivity index is 1.83. The molecule has 1 atom stereocenters. The van der Waals surface area contributed by atoms with Crippen LogP contribution in [-0.4, -0.2) is 53.3 Å². The number of nitrogens with one attached hydrogen (secondary N) is 1. The number of nitrogens with zero attached hydrogens (tertiary/aromatic N) is 3. The SMILES string of the molecule is CCN(C(=O)c1cc(C)nc(Nc2ccc(F)cc2)n1)C1CCS(=O)(=O)C1. The van der Waals surface area contributed by atoms with Gasteiger partial charge in [-0.15, -0.1) is 0 Å². The van der Waals surface area contributed by atoms with Gasteiger partial charge in [0.05, 0.1) is 11.5 Å². The number of aromatic nitrogens is 2. The summed E-state index contributed by atoms with van der Waals surface area (Å²) in [6, 6.07) is 6.95. The molecule has 9 heteroatoms. The fourth-order valence-corrected chi connectivity index (χ4v) is 4.86. The Morgan fingerprint density at radius 3 is 2.59 bits per heavy atom. The summed E-state index contributed by atoms with van der Waals surface area (Å²) in [6.45, 7) is 3.95. The van der Waals surface area contributed by atoms with Crippen LogP contribution in [-0.2, 0) is 9.84 Å². The highest BCUT2D eigenvalue weighted by Gasteiger charge is 2.34. The van der Waals surface area contributed by atoms with Gasteiger partial charge in [-0.2, -0.15) is 0 Å². The molecule has 7 nitrogen and oxygen atoms in total. The van der Waals surface area contributed by atoms with E-state index in [1.807, 2.05) is 6.92 Å². The lowest BCUT2D eigenvalue weighted by Gasteiger charge is -2.26. The van der Waals surface area contributed by atoms with E-state index in [1.165, 1.54) is 12.1 Å². The number of halogens is 1. The monoisotopic (exact) mass is 392 g/mol. The predicted octanol–water partition coefficient (Wildman–Crippen LogP) is 2.32. The van der Waals surface area contributed by atoms with Gasteiger partial charge < -0.3 is 10.2 Å². The fraction of sp³-hybridized carbons (Fsp3) is 0.389. The molecule has 27 heavy (non-hydrogen) atoms. The average Bonchev–Trinajstić information content (AvgIpc) is 2.96. The number of benzene rings is 1. The number of carbonyl (C=O) groups is 1. The third-order valence-corrected chi connectivity index (χ3v) is 6.17. The number of amides is 1. The van der Waals surface area contributed by atoms with Crippen molar-refractivity contribution in [3.05, 3.63) is 47.5 Å². The number of anilines is 2. The minimum Gasteiger partial charge on any atom is -0.334 e. The molecule has 1 aliphatic rings. The molecule has 2 heterocycles. The minimum absolute atomic E-state index is 0.0165. The second kappa shape index (κ2) is 7.59. The van der Waals surface area contributed by atoms with Crippen molar-refractivity contribution in [3.8, 4) is 0 Å².